The van der Waals surface area contributed by atoms with E-state index in [-0.39, 0.29) is 11.8 Å². The van der Waals surface area contributed by atoms with Crippen LogP contribution in [0.1, 0.15) is 22.6 Å². The van der Waals surface area contributed by atoms with E-state index in [1.54, 1.807) is 11.8 Å². The fourth-order valence-corrected chi connectivity index (χ4v) is 3.05. The highest BCUT2D eigenvalue weighted by molar-refractivity contribution is 7.98. The van der Waals surface area contributed by atoms with Gasteiger partial charge in [0, 0.05) is 10.6 Å². The van der Waals surface area contributed by atoms with Crippen molar-refractivity contribution in [1.29, 1.82) is 0 Å². The first-order chi connectivity index (χ1) is 9.67. The molecule has 0 fully saturated rings. The van der Waals surface area contributed by atoms with Crippen LogP contribution in [0.2, 0.25) is 0 Å². The molecule has 102 valence electrons. The van der Waals surface area contributed by atoms with Crippen LogP contribution in [-0.4, -0.2) is 12.2 Å². The molecule has 3 heteroatoms. The first-order valence-electron chi connectivity index (χ1n) is 6.72. The van der Waals surface area contributed by atoms with Gasteiger partial charge in [-0.2, -0.15) is 0 Å². The zero-order valence-corrected chi connectivity index (χ0v) is 12.5. The lowest BCUT2D eigenvalue weighted by Crippen LogP contribution is -2.14. The highest BCUT2D eigenvalue weighted by atomic mass is 32.2. The molecule has 1 aliphatic rings. The van der Waals surface area contributed by atoms with E-state index < -0.39 is 0 Å². The fourth-order valence-electron chi connectivity index (χ4n) is 2.65. The van der Waals surface area contributed by atoms with Gasteiger partial charge in [0.1, 0.15) is 0 Å². The molecule has 2 aromatic carbocycles. The summed E-state index contributed by atoms with van der Waals surface area (Å²) < 4.78 is 0. The number of hydrogen-bond acceptors (Lipinski definition) is 2. The smallest absolute Gasteiger partial charge is 0.232 e. The van der Waals surface area contributed by atoms with Crippen LogP contribution in [0.15, 0.2) is 47.4 Å². The van der Waals surface area contributed by atoms with Crippen LogP contribution in [0.3, 0.4) is 0 Å². The molecule has 0 spiro atoms. The molecule has 0 aliphatic carbocycles. The number of rotatable bonds is 3. The second kappa shape index (κ2) is 5.33. The molecule has 2 nitrogen and oxygen atoms in total. The van der Waals surface area contributed by atoms with Crippen LogP contribution in [0, 0.1) is 6.92 Å². The van der Waals surface area contributed by atoms with E-state index in [1.807, 2.05) is 12.1 Å². The first-order valence-corrected chi connectivity index (χ1v) is 7.94. The van der Waals surface area contributed by atoms with Gasteiger partial charge in [0.15, 0.2) is 0 Å². The van der Waals surface area contributed by atoms with Crippen LogP contribution in [0.25, 0.3) is 0 Å². The summed E-state index contributed by atoms with van der Waals surface area (Å²) in [6, 6.07) is 14.6. The van der Waals surface area contributed by atoms with Crippen LogP contribution in [-0.2, 0) is 11.2 Å². The number of aryl methyl sites for hydroxylation is 1. The Kier molecular flexibility index (Phi) is 3.53. The minimum Gasteiger partial charge on any atom is -0.325 e. The van der Waals surface area contributed by atoms with Crippen LogP contribution in [0.4, 0.5) is 5.69 Å². The summed E-state index contributed by atoms with van der Waals surface area (Å²) in [4.78, 5) is 13.4. The average Bonchev–Trinajstić information content (AvgIpc) is 2.76. The van der Waals surface area contributed by atoms with Gasteiger partial charge >= 0.3 is 0 Å². The number of nitrogens with one attached hydrogen (secondary N) is 1. The number of carbonyl (C=O) groups is 1. The van der Waals surface area contributed by atoms with Gasteiger partial charge in [-0.1, -0.05) is 29.8 Å². The van der Waals surface area contributed by atoms with E-state index in [0.29, 0.717) is 0 Å². The van der Waals surface area contributed by atoms with Gasteiger partial charge in [0.05, 0.1) is 5.92 Å². The largest absolute Gasteiger partial charge is 0.325 e. The standard InChI is InChI=1S/C17H17NOS/c1-11-3-8-16-14(9-11)15(17(19)18-16)10-12-4-6-13(20-2)7-5-12/h3-9,15H,10H2,1-2H3,(H,18,19)/t15-/m1/s1. The molecule has 0 saturated carbocycles. The molecule has 0 radical (unpaired) electrons. The van der Waals surface area contributed by atoms with E-state index in [1.165, 1.54) is 16.0 Å². The van der Waals surface area contributed by atoms with E-state index in [0.717, 1.165) is 17.7 Å². The summed E-state index contributed by atoms with van der Waals surface area (Å²) in [7, 11) is 0. The minimum absolute atomic E-state index is 0.0648. The van der Waals surface area contributed by atoms with E-state index in [2.05, 4.69) is 48.8 Å². The minimum atomic E-state index is -0.0648. The Morgan fingerprint density at radius 3 is 2.60 bits per heavy atom. The molecule has 20 heavy (non-hydrogen) atoms. The van der Waals surface area contributed by atoms with Crippen molar-refractivity contribution in [3.8, 4) is 0 Å². The fraction of sp³-hybridized carbons (Fsp3) is 0.235. The molecular formula is C17H17NOS. The zero-order chi connectivity index (χ0) is 14.1. The first kappa shape index (κ1) is 13.3. The van der Waals surface area contributed by atoms with Crippen molar-refractivity contribution in [3.63, 3.8) is 0 Å². The monoisotopic (exact) mass is 283 g/mol. The predicted molar refractivity (Wildman–Crippen MR) is 84.5 cm³/mol. The van der Waals surface area contributed by atoms with Gasteiger partial charge in [-0.15, -0.1) is 11.8 Å². The molecule has 1 atom stereocenters. The molecule has 0 aromatic heterocycles. The lowest BCUT2D eigenvalue weighted by Gasteiger charge is -2.10. The predicted octanol–water partition coefficient (Wildman–Crippen LogP) is 4.00. The average molecular weight is 283 g/mol. The van der Waals surface area contributed by atoms with Gasteiger partial charge < -0.3 is 5.32 Å². The molecule has 2 aromatic rings. The van der Waals surface area contributed by atoms with Crippen molar-refractivity contribution < 1.29 is 4.79 Å². The van der Waals surface area contributed by atoms with Crippen molar-refractivity contribution in [1.82, 2.24) is 0 Å². The Morgan fingerprint density at radius 1 is 1.15 bits per heavy atom. The Labute approximate surface area is 123 Å². The van der Waals surface area contributed by atoms with Crippen molar-refractivity contribution in [3.05, 3.63) is 59.2 Å². The second-order valence-electron chi connectivity index (χ2n) is 5.18. The molecule has 0 saturated heterocycles. The molecular weight excluding hydrogens is 266 g/mol. The topological polar surface area (TPSA) is 29.1 Å². The number of benzene rings is 2. The third-order valence-electron chi connectivity index (χ3n) is 3.76. The van der Waals surface area contributed by atoms with Crippen molar-refractivity contribution >= 4 is 23.4 Å². The van der Waals surface area contributed by atoms with Crippen LogP contribution < -0.4 is 5.32 Å². The summed E-state index contributed by atoms with van der Waals surface area (Å²) in [5.74, 6) is 0.0459. The maximum absolute atomic E-state index is 12.2. The summed E-state index contributed by atoms with van der Waals surface area (Å²) in [5, 5.41) is 2.97. The normalized spacial score (nSPS) is 16.9. The maximum Gasteiger partial charge on any atom is 0.232 e. The molecule has 3 rings (SSSR count). The number of hydrogen-bond donors (Lipinski definition) is 1. The molecule has 1 amide bonds. The van der Waals surface area contributed by atoms with Crippen molar-refractivity contribution in [2.75, 3.05) is 11.6 Å². The third kappa shape index (κ3) is 2.46. The Bertz CT molecular complexity index is 649. The van der Waals surface area contributed by atoms with Crippen molar-refractivity contribution in [2.45, 2.75) is 24.2 Å². The van der Waals surface area contributed by atoms with Gasteiger partial charge in [0.25, 0.3) is 0 Å². The second-order valence-corrected chi connectivity index (χ2v) is 6.06. The van der Waals surface area contributed by atoms with E-state index in [9.17, 15) is 4.79 Å². The SMILES string of the molecule is CSc1ccc(C[C@H]2C(=O)Nc3ccc(C)cc32)cc1. The number of fused-ring (bicyclic) bond motifs is 1. The summed E-state index contributed by atoms with van der Waals surface area (Å²) in [5.41, 5.74) is 4.50. The van der Waals surface area contributed by atoms with Gasteiger partial charge in [-0.3, -0.25) is 4.79 Å². The maximum atomic E-state index is 12.2. The van der Waals surface area contributed by atoms with Gasteiger partial charge in [0.2, 0.25) is 5.91 Å². The lowest BCUT2D eigenvalue weighted by molar-refractivity contribution is -0.117. The number of carbonyl (C=O) groups excluding carboxylic acids is 1. The Hall–Kier alpha value is -1.74. The van der Waals surface area contributed by atoms with Gasteiger partial charge in [-0.05, 0) is 48.9 Å². The molecule has 1 N–H and O–H groups in total. The molecule has 1 heterocycles. The van der Waals surface area contributed by atoms with Crippen LogP contribution in [0.5, 0.6) is 0 Å². The Balaban J connectivity index is 1.87. The number of thioether (sulfide) groups is 1. The summed E-state index contributed by atoms with van der Waals surface area (Å²) in [6.07, 6.45) is 2.83. The molecule has 0 bridgehead atoms. The quantitative estimate of drug-likeness (QED) is 0.863. The molecule has 0 unspecified atom stereocenters. The van der Waals surface area contributed by atoms with E-state index in [4.69, 9.17) is 0 Å². The Morgan fingerprint density at radius 2 is 1.90 bits per heavy atom. The summed E-state index contributed by atoms with van der Waals surface area (Å²) >= 11 is 1.73. The molecule has 1 aliphatic heterocycles. The summed E-state index contributed by atoms with van der Waals surface area (Å²) in [6.45, 7) is 2.06. The van der Waals surface area contributed by atoms with Gasteiger partial charge in [-0.25, -0.2) is 0 Å². The van der Waals surface area contributed by atoms with Crippen molar-refractivity contribution in [2.24, 2.45) is 0 Å². The number of anilines is 1. The lowest BCUT2D eigenvalue weighted by atomic mass is 9.92. The third-order valence-corrected chi connectivity index (χ3v) is 4.50. The highest BCUT2D eigenvalue weighted by Gasteiger charge is 2.30. The van der Waals surface area contributed by atoms with Crippen LogP contribution >= 0.6 is 11.8 Å². The number of amides is 1. The highest BCUT2D eigenvalue weighted by Crippen LogP contribution is 2.35. The zero-order valence-electron chi connectivity index (χ0n) is 11.6. The van der Waals surface area contributed by atoms with E-state index >= 15 is 0 Å².